The fourth-order valence-corrected chi connectivity index (χ4v) is 4.47. The molecule has 0 bridgehead atoms. The third-order valence-corrected chi connectivity index (χ3v) is 6.00. The van der Waals surface area contributed by atoms with Crippen LogP contribution in [0.2, 0.25) is 0 Å². The van der Waals surface area contributed by atoms with Crippen LogP contribution in [0.15, 0.2) is 51.8 Å². The van der Waals surface area contributed by atoms with Gasteiger partial charge in [0.05, 0.1) is 22.6 Å². The van der Waals surface area contributed by atoms with E-state index < -0.39 is 23.7 Å². The van der Waals surface area contributed by atoms with Crippen LogP contribution in [0.4, 0.5) is 10.5 Å². The SMILES string of the molecule is CCOC(=O)CN1C(=O)S/C(=C\c2cc(Br)c(OCC(=O)Nc3ccccc3)c(OCC)c2)C1=O. The first-order chi connectivity index (χ1) is 16.8. The minimum absolute atomic E-state index is 0.154. The Morgan fingerprint density at radius 2 is 1.83 bits per heavy atom. The molecule has 1 saturated heterocycles. The third kappa shape index (κ3) is 7.09. The zero-order valence-electron chi connectivity index (χ0n) is 19.0. The van der Waals surface area contributed by atoms with Gasteiger partial charge in [0.2, 0.25) is 0 Å². The van der Waals surface area contributed by atoms with Crippen molar-refractivity contribution in [1.82, 2.24) is 4.90 Å². The number of benzene rings is 2. The highest BCUT2D eigenvalue weighted by molar-refractivity contribution is 9.10. The Balaban J connectivity index is 1.75. The van der Waals surface area contributed by atoms with Crippen LogP contribution in [0.5, 0.6) is 11.5 Å². The molecule has 1 aliphatic rings. The van der Waals surface area contributed by atoms with E-state index in [-0.39, 0.29) is 24.0 Å². The minimum atomic E-state index is -0.657. The summed E-state index contributed by atoms with van der Waals surface area (Å²) in [5.74, 6) is -0.908. The molecule has 1 heterocycles. The first-order valence-corrected chi connectivity index (χ1v) is 12.3. The summed E-state index contributed by atoms with van der Waals surface area (Å²) in [5, 5.41) is 2.18. The summed E-state index contributed by atoms with van der Waals surface area (Å²) in [6.07, 6.45) is 1.52. The van der Waals surface area contributed by atoms with Crippen molar-refractivity contribution >= 4 is 62.5 Å². The van der Waals surface area contributed by atoms with E-state index in [0.717, 1.165) is 16.7 Å². The Morgan fingerprint density at radius 3 is 2.51 bits per heavy atom. The summed E-state index contributed by atoms with van der Waals surface area (Å²) in [6, 6.07) is 12.3. The second-order valence-electron chi connectivity index (χ2n) is 7.04. The lowest BCUT2D eigenvalue weighted by Crippen LogP contribution is -2.34. The Bertz CT molecular complexity index is 1150. The average Bonchev–Trinajstić information content (AvgIpc) is 3.07. The number of esters is 1. The van der Waals surface area contributed by atoms with E-state index in [2.05, 4.69) is 21.2 Å². The lowest BCUT2D eigenvalue weighted by Gasteiger charge is -2.15. The van der Waals surface area contributed by atoms with Crippen molar-refractivity contribution in [1.29, 1.82) is 0 Å². The zero-order chi connectivity index (χ0) is 25.4. The molecule has 2 aromatic carbocycles. The molecule has 0 spiro atoms. The molecule has 0 atom stereocenters. The number of para-hydroxylation sites is 1. The van der Waals surface area contributed by atoms with Crippen molar-refractivity contribution in [3.05, 3.63) is 57.4 Å². The largest absolute Gasteiger partial charge is 0.490 e. The Morgan fingerprint density at radius 1 is 1.09 bits per heavy atom. The van der Waals surface area contributed by atoms with Gasteiger partial charge in [-0.1, -0.05) is 18.2 Å². The highest BCUT2D eigenvalue weighted by Crippen LogP contribution is 2.39. The van der Waals surface area contributed by atoms with E-state index in [9.17, 15) is 19.2 Å². The number of carbonyl (C=O) groups is 4. The maximum absolute atomic E-state index is 12.6. The number of nitrogens with zero attached hydrogens (tertiary/aromatic N) is 1. The van der Waals surface area contributed by atoms with E-state index in [0.29, 0.717) is 33.8 Å². The fraction of sp³-hybridized carbons (Fsp3) is 0.250. The van der Waals surface area contributed by atoms with Crippen LogP contribution in [0, 0.1) is 0 Å². The molecule has 0 radical (unpaired) electrons. The first kappa shape index (κ1) is 26.3. The molecule has 3 rings (SSSR count). The van der Waals surface area contributed by atoms with Crippen LogP contribution < -0.4 is 14.8 Å². The molecule has 0 aliphatic carbocycles. The molecule has 0 unspecified atom stereocenters. The maximum Gasteiger partial charge on any atom is 0.326 e. The van der Waals surface area contributed by atoms with Gasteiger partial charge < -0.3 is 19.5 Å². The standard InChI is InChI=1S/C24H23BrN2O7S/c1-3-32-18-11-15(12-19-23(30)27(24(31)35-19)13-21(29)33-4-2)10-17(25)22(18)34-14-20(28)26-16-8-6-5-7-9-16/h5-12H,3-4,13-14H2,1-2H3,(H,26,28)/b19-12-. The molecule has 0 saturated carbocycles. The maximum atomic E-state index is 12.6. The van der Waals surface area contributed by atoms with Gasteiger partial charge in [-0.05, 0) is 77.4 Å². The molecule has 0 aromatic heterocycles. The van der Waals surface area contributed by atoms with Crippen LogP contribution in [0.1, 0.15) is 19.4 Å². The normalized spacial score (nSPS) is 14.3. The van der Waals surface area contributed by atoms with Gasteiger partial charge >= 0.3 is 5.97 Å². The van der Waals surface area contributed by atoms with Crippen LogP contribution >= 0.6 is 27.7 Å². The number of halogens is 1. The molecule has 184 valence electrons. The number of ether oxygens (including phenoxy) is 3. The smallest absolute Gasteiger partial charge is 0.326 e. The second kappa shape index (κ2) is 12.4. The molecule has 2 aromatic rings. The highest BCUT2D eigenvalue weighted by Gasteiger charge is 2.36. The van der Waals surface area contributed by atoms with Gasteiger partial charge in [0, 0.05) is 5.69 Å². The number of thioether (sulfide) groups is 1. The minimum Gasteiger partial charge on any atom is -0.490 e. The van der Waals surface area contributed by atoms with Gasteiger partial charge in [-0.2, -0.15) is 0 Å². The predicted molar refractivity (Wildman–Crippen MR) is 135 cm³/mol. The summed E-state index contributed by atoms with van der Waals surface area (Å²) in [7, 11) is 0. The van der Waals surface area contributed by atoms with Crippen molar-refractivity contribution in [3.8, 4) is 11.5 Å². The number of imide groups is 1. The zero-order valence-corrected chi connectivity index (χ0v) is 21.4. The predicted octanol–water partition coefficient (Wildman–Crippen LogP) is 4.46. The van der Waals surface area contributed by atoms with E-state index in [1.807, 2.05) is 18.2 Å². The first-order valence-electron chi connectivity index (χ1n) is 10.7. The lowest BCUT2D eigenvalue weighted by molar-refractivity contribution is -0.146. The molecule has 3 amide bonds. The van der Waals surface area contributed by atoms with Gasteiger partial charge in [-0.25, -0.2) is 0 Å². The highest BCUT2D eigenvalue weighted by atomic mass is 79.9. The van der Waals surface area contributed by atoms with Crippen LogP contribution in [-0.4, -0.2) is 54.3 Å². The van der Waals surface area contributed by atoms with Gasteiger partial charge in [-0.15, -0.1) is 0 Å². The Labute approximate surface area is 214 Å². The molecule has 35 heavy (non-hydrogen) atoms. The molecular formula is C24H23BrN2O7S. The van der Waals surface area contributed by atoms with Gasteiger partial charge in [0.15, 0.2) is 18.1 Å². The molecule has 1 fully saturated rings. The van der Waals surface area contributed by atoms with Gasteiger partial charge in [0.1, 0.15) is 6.54 Å². The molecule has 1 N–H and O–H groups in total. The molecule has 9 nitrogen and oxygen atoms in total. The molecular weight excluding hydrogens is 540 g/mol. The molecule has 11 heteroatoms. The topological polar surface area (TPSA) is 111 Å². The summed E-state index contributed by atoms with van der Waals surface area (Å²) >= 11 is 4.16. The fourth-order valence-electron chi connectivity index (χ4n) is 3.05. The van der Waals surface area contributed by atoms with Crippen molar-refractivity contribution in [3.63, 3.8) is 0 Å². The molecule has 1 aliphatic heterocycles. The van der Waals surface area contributed by atoms with Crippen molar-refractivity contribution < 1.29 is 33.4 Å². The van der Waals surface area contributed by atoms with Crippen molar-refractivity contribution in [2.75, 3.05) is 31.7 Å². The van der Waals surface area contributed by atoms with Crippen LogP contribution in [0.25, 0.3) is 6.08 Å². The van der Waals surface area contributed by atoms with Crippen LogP contribution in [-0.2, 0) is 19.1 Å². The van der Waals surface area contributed by atoms with E-state index in [4.69, 9.17) is 14.2 Å². The number of carbonyl (C=O) groups excluding carboxylic acids is 4. The van der Waals surface area contributed by atoms with E-state index in [1.54, 1.807) is 38.1 Å². The summed E-state index contributed by atoms with van der Waals surface area (Å²) < 4.78 is 16.7. The van der Waals surface area contributed by atoms with Gasteiger partial charge in [-0.3, -0.25) is 24.1 Å². The van der Waals surface area contributed by atoms with E-state index in [1.165, 1.54) is 6.08 Å². The Hall–Kier alpha value is -3.31. The van der Waals surface area contributed by atoms with Crippen molar-refractivity contribution in [2.24, 2.45) is 0 Å². The lowest BCUT2D eigenvalue weighted by atomic mass is 10.2. The monoisotopic (exact) mass is 562 g/mol. The third-order valence-electron chi connectivity index (χ3n) is 4.50. The van der Waals surface area contributed by atoms with Crippen molar-refractivity contribution in [2.45, 2.75) is 13.8 Å². The Kier molecular flexibility index (Phi) is 9.32. The number of hydrogen-bond donors (Lipinski definition) is 1. The quantitative estimate of drug-likeness (QED) is 0.333. The number of hydrogen-bond acceptors (Lipinski definition) is 8. The summed E-state index contributed by atoms with van der Waals surface area (Å²) in [6.45, 7) is 3.23. The van der Waals surface area contributed by atoms with Gasteiger partial charge in [0.25, 0.3) is 17.1 Å². The average molecular weight is 563 g/mol. The number of rotatable bonds is 10. The summed E-state index contributed by atoms with van der Waals surface area (Å²) in [5.41, 5.74) is 1.21. The number of amides is 3. The number of nitrogens with one attached hydrogen (secondary N) is 1. The number of anilines is 1. The van der Waals surface area contributed by atoms with E-state index >= 15 is 0 Å². The second-order valence-corrected chi connectivity index (χ2v) is 8.89. The summed E-state index contributed by atoms with van der Waals surface area (Å²) in [4.78, 5) is 49.8. The van der Waals surface area contributed by atoms with Crippen LogP contribution in [0.3, 0.4) is 0 Å².